The summed E-state index contributed by atoms with van der Waals surface area (Å²) in [7, 11) is 1.79. The lowest BCUT2D eigenvalue weighted by Gasteiger charge is -2.12. The number of hydrogen-bond donors (Lipinski definition) is 0. The van der Waals surface area contributed by atoms with Crippen molar-refractivity contribution in [2.24, 2.45) is 0 Å². The third kappa shape index (κ3) is 2.49. The molecule has 0 saturated carbocycles. The molecule has 1 unspecified atom stereocenters. The largest absolute Gasteiger partial charge is 0.239 e. The topological polar surface area (TPSA) is 34.1 Å². The van der Waals surface area contributed by atoms with E-state index in [1.165, 1.54) is 0 Å². The highest BCUT2D eigenvalue weighted by atomic mass is 35.7. The summed E-state index contributed by atoms with van der Waals surface area (Å²) >= 11 is 0. The summed E-state index contributed by atoms with van der Waals surface area (Å²) in [5, 5.41) is -0.649. The van der Waals surface area contributed by atoms with E-state index in [4.69, 9.17) is 10.7 Å². The van der Waals surface area contributed by atoms with Gasteiger partial charge < -0.3 is 0 Å². The zero-order valence-corrected chi connectivity index (χ0v) is 9.98. The van der Waals surface area contributed by atoms with Crippen molar-refractivity contribution >= 4 is 19.7 Å². The summed E-state index contributed by atoms with van der Waals surface area (Å²) in [4.78, 5) is 0. The van der Waals surface area contributed by atoms with Crippen molar-refractivity contribution in [3.63, 3.8) is 0 Å². The minimum Gasteiger partial charge on any atom is -0.212 e. The van der Waals surface area contributed by atoms with Crippen LogP contribution in [0.2, 0.25) is 0 Å². The monoisotopic (exact) mass is 232 g/mol. The van der Waals surface area contributed by atoms with E-state index in [0.29, 0.717) is 0 Å². The van der Waals surface area contributed by atoms with Gasteiger partial charge in [-0.05, 0) is 31.9 Å². The van der Waals surface area contributed by atoms with E-state index in [0.717, 1.165) is 16.7 Å². The van der Waals surface area contributed by atoms with E-state index >= 15 is 0 Å². The van der Waals surface area contributed by atoms with Crippen LogP contribution in [0.25, 0.3) is 0 Å². The van der Waals surface area contributed by atoms with E-state index < -0.39 is 14.3 Å². The van der Waals surface area contributed by atoms with Gasteiger partial charge in [0.1, 0.15) is 0 Å². The van der Waals surface area contributed by atoms with Crippen LogP contribution in [0.5, 0.6) is 0 Å². The molecule has 0 radical (unpaired) electrons. The van der Waals surface area contributed by atoms with Crippen molar-refractivity contribution in [2.75, 3.05) is 0 Å². The van der Waals surface area contributed by atoms with E-state index in [-0.39, 0.29) is 0 Å². The van der Waals surface area contributed by atoms with Gasteiger partial charge in [0.15, 0.2) is 0 Å². The molecular formula is C10H13ClO2S. The highest BCUT2D eigenvalue weighted by molar-refractivity contribution is 8.13. The third-order valence-electron chi connectivity index (χ3n) is 2.30. The average molecular weight is 233 g/mol. The molecule has 0 heterocycles. The molecule has 0 amide bonds. The molecule has 1 atom stereocenters. The fraction of sp³-hybridized carbons (Fsp3) is 0.400. The van der Waals surface area contributed by atoms with E-state index in [1.807, 2.05) is 32.0 Å². The maximum absolute atomic E-state index is 11.2. The van der Waals surface area contributed by atoms with Crippen LogP contribution >= 0.6 is 10.7 Å². The normalized spacial score (nSPS) is 14.0. The van der Waals surface area contributed by atoms with Crippen molar-refractivity contribution in [2.45, 2.75) is 26.0 Å². The Bertz CT molecular complexity index is 437. The molecule has 0 aromatic heterocycles. The first kappa shape index (κ1) is 11.5. The molecule has 0 saturated heterocycles. The summed E-state index contributed by atoms with van der Waals surface area (Å²) in [5.41, 5.74) is 2.77. The van der Waals surface area contributed by atoms with Crippen molar-refractivity contribution in [1.82, 2.24) is 0 Å². The molecule has 1 aromatic rings. The maximum atomic E-state index is 11.2. The van der Waals surface area contributed by atoms with Gasteiger partial charge in [0, 0.05) is 10.7 Å². The van der Waals surface area contributed by atoms with Crippen LogP contribution < -0.4 is 0 Å². The van der Waals surface area contributed by atoms with Crippen LogP contribution in [0, 0.1) is 13.8 Å². The molecule has 0 fully saturated rings. The first-order chi connectivity index (χ1) is 6.32. The quantitative estimate of drug-likeness (QED) is 0.735. The molecule has 1 aromatic carbocycles. The smallest absolute Gasteiger partial charge is 0.212 e. The van der Waals surface area contributed by atoms with Crippen molar-refractivity contribution < 1.29 is 8.42 Å². The fourth-order valence-corrected chi connectivity index (χ4v) is 2.19. The lowest BCUT2D eigenvalue weighted by Crippen LogP contribution is -2.05. The van der Waals surface area contributed by atoms with Gasteiger partial charge in [0.25, 0.3) is 0 Å². The standard InChI is InChI=1S/C10H13ClO2S/c1-7-4-5-8(2)10(6-7)9(3)14(11,12)13/h4-6,9H,1-3H3. The molecule has 0 spiro atoms. The Balaban J connectivity index is 3.26. The zero-order chi connectivity index (χ0) is 10.9. The first-order valence-corrected chi connectivity index (χ1v) is 6.70. The molecule has 0 N–H and O–H groups in total. The van der Waals surface area contributed by atoms with Gasteiger partial charge in [-0.25, -0.2) is 8.42 Å². The number of rotatable bonds is 2. The van der Waals surface area contributed by atoms with Gasteiger partial charge in [0.2, 0.25) is 9.05 Å². The second-order valence-electron chi connectivity index (χ2n) is 3.48. The highest BCUT2D eigenvalue weighted by Crippen LogP contribution is 2.28. The molecule has 78 valence electrons. The third-order valence-corrected chi connectivity index (χ3v) is 4.20. The highest BCUT2D eigenvalue weighted by Gasteiger charge is 2.21. The zero-order valence-electron chi connectivity index (χ0n) is 8.41. The molecular weight excluding hydrogens is 220 g/mol. The van der Waals surface area contributed by atoms with Crippen molar-refractivity contribution in [3.05, 3.63) is 34.9 Å². The van der Waals surface area contributed by atoms with Gasteiger partial charge in [0.05, 0.1) is 5.25 Å². The summed E-state index contributed by atoms with van der Waals surface area (Å²) in [6, 6.07) is 5.72. The predicted molar refractivity (Wildman–Crippen MR) is 59.1 cm³/mol. The molecule has 0 aliphatic rings. The molecule has 0 aliphatic heterocycles. The van der Waals surface area contributed by atoms with E-state index in [9.17, 15) is 8.42 Å². The summed E-state index contributed by atoms with van der Waals surface area (Å²) in [5.74, 6) is 0. The lowest BCUT2D eigenvalue weighted by atomic mass is 10.0. The van der Waals surface area contributed by atoms with Crippen LogP contribution in [-0.2, 0) is 9.05 Å². The molecule has 0 aliphatic carbocycles. The Morgan fingerprint density at radius 1 is 1.29 bits per heavy atom. The Kier molecular flexibility index (Phi) is 3.22. The molecule has 2 nitrogen and oxygen atoms in total. The summed E-state index contributed by atoms with van der Waals surface area (Å²) in [6.07, 6.45) is 0. The second-order valence-corrected chi connectivity index (χ2v) is 6.43. The Labute approximate surface area is 89.3 Å². The van der Waals surface area contributed by atoms with E-state index in [1.54, 1.807) is 6.92 Å². The SMILES string of the molecule is Cc1ccc(C)c(C(C)S(=O)(=O)Cl)c1. The van der Waals surface area contributed by atoms with Crippen LogP contribution in [0.15, 0.2) is 18.2 Å². The summed E-state index contributed by atoms with van der Waals surface area (Å²) in [6.45, 7) is 5.41. The van der Waals surface area contributed by atoms with Crippen LogP contribution in [0.1, 0.15) is 28.9 Å². The fourth-order valence-electron chi connectivity index (χ4n) is 1.35. The minimum atomic E-state index is -3.52. The molecule has 0 bridgehead atoms. The molecule has 4 heteroatoms. The Morgan fingerprint density at radius 3 is 2.36 bits per heavy atom. The van der Waals surface area contributed by atoms with Crippen molar-refractivity contribution in [3.8, 4) is 0 Å². The van der Waals surface area contributed by atoms with E-state index in [2.05, 4.69) is 0 Å². The number of aryl methyl sites for hydroxylation is 2. The number of benzene rings is 1. The van der Waals surface area contributed by atoms with Gasteiger partial charge in [-0.1, -0.05) is 23.8 Å². The second kappa shape index (κ2) is 3.91. The average Bonchev–Trinajstić information content (AvgIpc) is 2.06. The minimum absolute atomic E-state index is 0.649. The number of hydrogen-bond acceptors (Lipinski definition) is 2. The van der Waals surface area contributed by atoms with Crippen LogP contribution in [-0.4, -0.2) is 8.42 Å². The van der Waals surface area contributed by atoms with Gasteiger partial charge in [-0.2, -0.15) is 0 Å². The Hall–Kier alpha value is -0.540. The predicted octanol–water partition coefficient (Wildman–Crippen LogP) is 2.93. The molecule has 14 heavy (non-hydrogen) atoms. The number of halogens is 1. The van der Waals surface area contributed by atoms with Crippen LogP contribution in [0.4, 0.5) is 0 Å². The summed E-state index contributed by atoms with van der Waals surface area (Å²) < 4.78 is 22.3. The maximum Gasteiger partial charge on any atom is 0.239 e. The Morgan fingerprint density at radius 2 is 1.86 bits per heavy atom. The van der Waals surface area contributed by atoms with Gasteiger partial charge >= 0.3 is 0 Å². The lowest BCUT2D eigenvalue weighted by molar-refractivity contribution is 0.600. The van der Waals surface area contributed by atoms with Crippen molar-refractivity contribution in [1.29, 1.82) is 0 Å². The van der Waals surface area contributed by atoms with Gasteiger partial charge in [-0.15, -0.1) is 0 Å². The molecule has 1 rings (SSSR count). The van der Waals surface area contributed by atoms with Crippen LogP contribution in [0.3, 0.4) is 0 Å². The van der Waals surface area contributed by atoms with Gasteiger partial charge in [-0.3, -0.25) is 0 Å². The first-order valence-electron chi connectivity index (χ1n) is 4.33.